The molecule has 4 rings (SSSR count). The third-order valence-electron chi connectivity index (χ3n) is 4.78. The van der Waals surface area contributed by atoms with Gasteiger partial charge in [-0.15, -0.1) is 0 Å². The minimum Gasteiger partial charge on any atom is -0.341 e. The standard InChI is InChI=1S/C22H21ClN6O/c1-27(21(30)11-12-28-16-24-15-25-28)13-18-14-29(20-5-3-2-4-6-20)26-22(18)17-7-9-19(23)10-8-17/h2-10,14-16H,11-13H2,1H3. The van der Waals surface area contributed by atoms with Crippen LogP contribution in [0.4, 0.5) is 0 Å². The first-order valence-electron chi connectivity index (χ1n) is 9.56. The molecule has 0 fully saturated rings. The van der Waals surface area contributed by atoms with E-state index in [0.717, 1.165) is 22.5 Å². The van der Waals surface area contributed by atoms with Crippen molar-refractivity contribution in [3.05, 3.63) is 84.0 Å². The summed E-state index contributed by atoms with van der Waals surface area (Å²) in [5, 5.41) is 9.50. The third-order valence-corrected chi connectivity index (χ3v) is 5.04. The summed E-state index contributed by atoms with van der Waals surface area (Å²) in [5.74, 6) is 0.0278. The average Bonchev–Trinajstić information content (AvgIpc) is 3.43. The predicted molar refractivity (Wildman–Crippen MR) is 115 cm³/mol. The fraction of sp³-hybridized carbons (Fsp3) is 0.182. The van der Waals surface area contributed by atoms with Gasteiger partial charge in [-0.25, -0.2) is 9.67 Å². The van der Waals surface area contributed by atoms with Gasteiger partial charge in [-0.05, 0) is 24.3 Å². The maximum Gasteiger partial charge on any atom is 0.224 e. The van der Waals surface area contributed by atoms with Crippen molar-refractivity contribution in [2.45, 2.75) is 19.5 Å². The molecule has 0 aliphatic rings. The molecular weight excluding hydrogens is 400 g/mol. The number of nitrogens with zero attached hydrogens (tertiary/aromatic N) is 6. The highest BCUT2D eigenvalue weighted by atomic mass is 35.5. The molecule has 0 aliphatic carbocycles. The van der Waals surface area contributed by atoms with Gasteiger partial charge in [0.05, 0.1) is 17.9 Å². The maximum atomic E-state index is 12.6. The third kappa shape index (κ3) is 4.58. The molecule has 1 amide bonds. The van der Waals surface area contributed by atoms with Crippen LogP contribution in [0.2, 0.25) is 5.02 Å². The van der Waals surface area contributed by atoms with Gasteiger partial charge in [0.15, 0.2) is 0 Å². The number of carbonyl (C=O) groups excluding carboxylic acids is 1. The molecule has 2 aromatic carbocycles. The first-order chi connectivity index (χ1) is 14.6. The van der Waals surface area contributed by atoms with E-state index in [9.17, 15) is 4.79 Å². The summed E-state index contributed by atoms with van der Waals surface area (Å²) in [6, 6.07) is 17.5. The second-order valence-corrected chi connectivity index (χ2v) is 7.38. The van der Waals surface area contributed by atoms with Crippen LogP contribution in [0.3, 0.4) is 0 Å². The zero-order valence-corrected chi connectivity index (χ0v) is 17.3. The van der Waals surface area contributed by atoms with Crippen LogP contribution in [0.25, 0.3) is 16.9 Å². The molecule has 2 aromatic heterocycles. The number of halogens is 1. The van der Waals surface area contributed by atoms with Gasteiger partial charge >= 0.3 is 0 Å². The zero-order valence-electron chi connectivity index (χ0n) is 16.5. The topological polar surface area (TPSA) is 68.8 Å². The van der Waals surface area contributed by atoms with Crippen LogP contribution in [0.15, 0.2) is 73.4 Å². The van der Waals surface area contributed by atoms with E-state index in [2.05, 4.69) is 10.1 Å². The van der Waals surface area contributed by atoms with E-state index in [1.54, 1.807) is 23.0 Å². The first-order valence-corrected chi connectivity index (χ1v) is 9.94. The van der Waals surface area contributed by atoms with Crippen molar-refractivity contribution < 1.29 is 4.79 Å². The number of rotatable bonds is 7. The Hall–Kier alpha value is -3.45. The summed E-state index contributed by atoms with van der Waals surface area (Å²) < 4.78 is 3.49. The van der Waals surface area contributed by atoms with Gasteiger partial charge in [0, 0.05) is 42.4 Å². The molecule has 0 bridgehead atoms. The lowest BCUT2D eigenvalue weighted by Gasteiger charge is -2.17. The predicted octanol–water partition coefficient (Wildman–Crippen LogP) is 3.83. The largest absolute Gasteiger partial charge is 0.341 e. The molecule has 2 heterocycles. The quantitative estimate of drug-likeness (QED) is 0.455. The van der Waals surface area contributed by atoms with Crippen molar-refractivity contribution in [3.63, 3.8) is 0 Å². The molecule has 152 valence electrons. The summed E-state index contributed by atoms with van der Waals surface area (Å²) in [7, 11) is 1.80. The fourth-order valence-electron chi connectivity index (χ4n) is 3.18. The second kappa shape index (κ2) is 8.92. The monoisotopic (exact) mass is 420 g/mol. The van der Waals surface area contributed by atoms with Gasteiger partial charge in [0.2, 0.25) is 5.91 Å². The maximum absolute atomic E-state index is 12.6. The van der Waals surface area contributed by atoms with Crippen molar-refractivity contribution in [1.29, 1.82) is 0 Å². The molecule has 0 aliphatic heterocycles. The van der Waals surface area contributed by atoms with Crippen LogP contribution in [-0.4, -0.2) is 42.4 Å². The Balaban J connectivity index is 1.58. The van der Waals surface area contributed by atoms with E-state index in [1.165, 1.54) is 6.33 Å². The number of benzene rings is 2. The molecule has 0 unspecified atom stereocenters. The highest BCUT2D eigenvalue weighted by Crippen LogP contribution is 2.26. The minimum atomic E-state index is 0.0278. The molecule has 7 nitrogen and oxygen atoms in total. The lowest BCUT2D eigenvalue weighted by molar-refractivity contribution is -0.130. The first kappa shape index (κ1) is 19.8. The Kier molecular flexibility index (Phi) is 5.90. The Bertz CT molecular complexity index is 1110. The molecule has 4 aromatic rings. The molecule has 0 N–H and O–H groups in total. The normalized spacial score (nSPS) is 10.9. The number of para-hydroxylation sites is 1. The van der Waals surface area contributed by atoms with Gasteiger partial charge in [0.25, 0.3) is 0 Å². The van der Waals surface area contributed by atoms with Crippen molar-refractivity contribution in [2.75, 3.05) is 7.05 Å². The van der Waals surface area contributed by atoms with Crippen LogP contribution in [0, 0.1) is 0 Å². The summed E-state index contributed by atoms with van der Waals surface area (Å²) in [6.45, 7) is 0.942. The van der Waals surface area contributed by atoms with Crippen LogP contribution in [0.5, 0.6) is 0 Å². The lowest BCUT2D eigenvalue weighted by Crippen LogP contribution is -2.27. The summed E-state index contributed by atoms with van der Waals surface area (Å²) >= 11 is 6.05. The molecule has 0 saturated heterocycles. The molecule has 0 spiro atoms. The van der Waals surface area contributed by atoms with Gasteiger partial charge < -0.3 is 4.90 Å². The summed E-state index contributed by atoms with van der Waals surface area (Å²) in [4.78, 5) is 18.2. The Morgan fingerprint density at radius 2 is 1.87 bits per heavy atom. The van der Waals surface area contributed by atoms with Gasteiger partial charge in [-0.2, -0.15) is 10.2 Å². The highest BCUT2D eigenvalue weighted by Gasteiger charge is 2.17. The second-order valence-electron chi connectivity index (χ2n) is 6.95. The number of carbonyl (C=O) groups is 1. The molecule has 0 radical (unpaired) electrons. The molecule has 8 heteroatoms. The van der Waals surface area contributed by atoms with E-state index in [4.69, 9.17) is 16.7 Å². The van der Waals surface area contributed by atoms with Crippen molar-refractivity contribution >= 4 is 17.5 Å². The number of hydrogen-bond acceptors (Lipinski definition) is 4. The smallest absolute Gasteiger partial charge is 0.224 e. The van der Waals surface area contributed by atoms with E-state index in [-0.39, 0.29) is 5.91 Å². The van der Waals surface area contributed by atoms with Crippen LogP contribution < -0.4 is 0 Å². The lowest BCUT2D eigenvalue weighted by atomic mass is 10.1. The van der Waals surface area contributed by atoms with Gasteiger partial charge in [-0.1, -0.05) is 41.9 Å². The van der Waals surface area contributed by atoms with Crippen molar-refractivity contribution in [2.24, 2.45) is 0 Å². The minimum absolute atomic E-state index is 0.0278. The van der Waals surface area contributed by atoms with Crippen LogP contribution in [0.1, 0.15) is 12.0 Å². The molecule has 0 saturated carbocycles. The van der Waals surface area contributed by atoms with Gasteiger partial charge in [0.1, 0.15) is 12.7 Å². The summed E-state index contributed by atoms with van der Waals surface area (Å²) in [6.07, 6.45) is 5.39. The number of hydrogen-bond donors (Lipinski definition) is 0. The van der Waals surface area contributed by atoms with E-state index < -0.39 is 0 Å². The number of aryl methyl sites for hydroxylation is 1. The zero-order chi connectivity index (χ0) is 20.9. The van der Waals surface area contributed by atoms with Crippen molar-refractivity contribution in [1.82, 2.24) is 29.4 Å². The Labute approximate surface area is 179 Å². The summed E-state index contributed by atoms with van der Waals surface area (Å²) in [5.41, 5.74) is 3.69. The Morgan fingerprint density at radius 3 is 2.57 bits per heavy atom. The fourth-order valence-corrected chi connectivity index (χ4v) is 3.31. The van der Waals surface area contributed by atoms with E-state index in [1.807, 2.05) is 65.5 Å². The van der Waals surface area contributed by atoms with E-state index in [0.29, 0.717) is 24.5 Å². The number of amides is 1. The average molecular weight is 421 g/mol. The van der Waals surface area contributed by atoms with Crippen LogP contribution >= 0.6 is 11.6 Å². The molecular formula is C22H21ClN6O. The van der Waals surface area contributed by atoms with Gasteiger partial charge in [-0.3, -0.25) is 9.48 Å². The van der Waals surface area contributed by atoms with Crippen molar-refractivity contribution in [3.8, 4) is 16.9 Å². The Morgan fingerprint density at radius 1 is 1.10 bits per heavy atom. The molecule has 0 atom stereocenters. The van der Waals surface area contributed by atoms with Crippen LogP contribution in [-0.2, 0) is 17.9 Å². The highest BCUT2D eigenvalue weighted by molar-refractivity contribution is 6.30. The van der Waals surface area contributed by atoms with E-state index >= 15 is 0 Å². The molecule has 30 heavy (non-hydrogen) atoms. The number of aromatic nitrogens is 5. The SMILES string of the molecule is CN(Cc1cn(-c2ccccc2)nc1-c1ccc(Cl)cc1)C(=O)CCn1cncn1.